The summed E-state index contributed by atoms with van der Waals surface area (Å²) in [6.45, 7) is 7.41. The van der Waals surface area contributed by atoms with E-state index in [0.717, 1.165) is 38.1 Å². The maximum Gasteiger partial charge on any atom is 0.229 e. The molecule has 5 heteroatoms. The van der Waals surface area contributed by atoms with E-state index in [1.54, 1.807) is 7.11 Å². The lowest BCUT2D eigenvalue weighted by Crippen LogP contribution is -2.32. The highest BCUT2D eigenvalue weighted by Crippen LogP contribution is 2.35. The highest BCUT2D eigenvalue weighted by molar-refractivity contribution is 5.04. The molecule has 0 atom stereocenters. The van der Waals surface area contributed by atoms with Crippen LogP contribution in [0.3, 0.4) is 0 Å². The van der Waals surface area contributed by atoms with Gasteiger partial charge >= 0.3 is 0 Å². The predicted octanol–water partition coefficient (Wildman–Crippen LogP) is 3.37. The number of nitrogens with one attached hydrogen (secondary N) is 1. The maximum atomic E-state index is 5.68. The molecule has 0 radical (unpaired) electrons. The van der Waals surface area contributed by atoms with Gasteiger partial charge in [-0.3, -0.25) is 0 Å². The molecule has 1 fully saturated rings. The Morgan fingerprint density at radius 3 is 2.38 bits per heavy atom. The van der Waals surface area contributed by atoms with Crippen LogP contribution in [-0.2, 0) is 10.3 Å². The van der Waals surface area contributed by atoms with E-state index in [4.69, 9.17) is 9.26 Å². The fraction of sp³-hybridized carbons (Fsp3) is 0.875. The van der Waals surface area contributed by atoms with Crippen molar-refractivity contribution in [1.82, 2.24) is 15.5 Å². The molecule has 0 amide bonds. The summed E-state index contributed by atoms with van der Waals surface area (Å²) in [5.41, 5.74) is -0.400. The summed E-state index contributed by atoms with van der Waals surface area (Å²) in [5, 5.41) is 7.73. The molecule has 0 spiro atoms. The number of methoxy groups -OCH3 is 1. The second-order valence-corrected chi connectivity index (χ2v) is 5.97. The van der Waals surface area contributed by atoms with Crippen molar-refractivity contribution in [2.45, 2.75) is 76.9 Å². The second kappa shape index (κ2) is 7.36. The third kappa shape index (κ3) is 3.46. The van der Waals surface area contributed by atoms with E-state index < -0.39 is 5.60 Å². The summed E-state index contributed by atoms with van der Waals surface area (Å²) in [6, 6.07) is 0.651. The van der Waals surface area contributed by atoms with E-state index in [0.29, 0.717) is 17.8 Å². The van der Waals surface area contributed by atoms with Gasteiger partial charge in [0.1, 0.15) is 5.60 Å². The van der Waals surface area contributed by atoms with Gasteiger partial charge in [-0.1, -0.05) is 25.9 Å². The first-order valence-corrected chi connectivity index (χ1v) is 8.31. The zero-order valence-corrected chi connectivity index (χ0v) is 13.8. The van der Waals surface area contributed by atoms with Crippen molar-refractivity contribution in [3.05, 3.63) is 11.7 Å². The minimum atomic E-state index is -0.400. The highest BCUT2D eigenvalue weighted by atomic mass is 16.5. The molecular formula is C16H29N3O2. The quantitative estimate of drug-likeness (QED) is 0.835. The monoisotopic (exact) mass is 295 g/mol. The molecule has 21 heavy (non-hydrogen) atoms. The fourth-order valence-corrected chi connectivity index (χ4v) is 3.37. The summed E-state index contributed by atoms with van der Waals surface area (Å²) in [4.78, 5) is 4.67. The van der Waals surface area contributed by atoms with Crippen LogP contribution >= 0.6 is 0 Å². The molecule has 2 rings (SSSR count). The number of nitrogens with zero attached hydrogens (tertiary/aromatic N) is 2. The molecule has 1 saturated carbocycles. The second-order valence-electron chi connectivity index (χ2n) is 5.97. The van der Waals surface area contributed by atoms with E-state index in [-0.39, 0.29) is 0 Å². The molecule has 0 aliphatic heterocycles. The average molecular weight is 295 g/mol. The van der Waals surface area contributed by atoms with Gasteiger partial charge in [-0.05, 0) is 45.1 Å². The molecule has 0 unspecified atom stereocenters. The number of hydrogen-bond acceptors (Lipinski definition) is 5. The Morgan fingerprint density at radius 2 is 1.86 bits per heavy atom. The smallest absolute Gasteiger partial charge is 0.229 e. The topological polar surface area (TPSA) is 60.2 Å². The third-order valence-electron chi connectivity index (χ3n) is 4.95. The summed E-state index contributed by atoms with van der Waals surface area (Å²) < 4.78 is 11.2. The lowest BCUT2D eigenvalue weighted by Gasteiger charge is -2.27. The molecule has 1 aromatic heterocycles. The standard InChI is InChI=1S/C16H29N3O2/c1-5-16(6-2,20-4)15-18-14(21-19-15)12-8-10-13(11-9-12)17-7-3/h12-13,17H,5-11H2,1-4H3. The van der Waals surface area contributed by atoms with Crippen molar-refractivity contribution in [2.24, 2.45) is 0 Å². The summed E-state index contributed by atoms with van der Waals surface area (Å²) in [5.74, 6) is 1.91. The Labute approximate surface area is 127 Å². The number of rotatable bonds is 7. The first kappa shape index (κ1) is 16.4. The van der Waals surface area contributed by atoms with Crippen molar-refractivity contribution >= 4 is 0 Å². The van der Waals surface area contributed by atoms with Crippen LogP contribution in [0.4, 0.5) is 0 Å². The zero-order valence-electron chi connectivity index (χ0n) is 13.8. The van der Waals surface area contributed by atoms with E-state index in [2.05, 4.69) is 36.2 Å². The van der Waals surface area contributed by atoms with Crippen molar-refractivity contribution in [2.75, 3.05) is 13.7 Å². The molecule has 1 aromatic rings. The van der Waals surface area contributed by atoms with Crippen LogP contribution in [0.15, 0.2) is 4.52 Å². The lowest BCUT2D eigenvalue weighted by atomic mass is 9.86. The van der Waals surface area contributed by atoms with Gasteiger partial charge in [-0.25, -0.2) is 0 Å². The molecule has 0 bridgehead atoms. The first-order valence-electron chi connectivity index (χ1n) is 8.31. The van der Waals surface area contributed by atoms with Crippen LogP contribution < -0.4 is 5.32 Å². The van der Waals surface area contributed by atoms with Crippen LogP contribution in [-0.4, -0.2) is 29.8 Å². The fourth-order valence-electron chi connectivity index (χ4n) is 3.37. The Balaban J connectivity index is 2.04. The highest BCUT2D eigenvalue weighted by Gasteiger charge is 2.35. The van der Waals surface area contributed by atoms with E-state index in [9.17, 15) is 0 Å². The van der Waals surface area contributed by atoms with Gasteiger partial charge in [-0.2, -0.15) is 4.98 Å². The Morgan fingerprint density at radius 1 is 1.19 bits per heavy atom. The molecule has 1 N–H and O–H groups in total. The van der Waals surface area contributed by atoms with Crippen molar-refractivity contribution in [3.63, 3.8) is 0 Å². The lowest BCUT2D eigenvalue weighted by molar-refractivity contribution is -0.0306. The normalized spacial score (nSPS) is 23.4. The van der Waals surface area contributed by atoms with Gasteiger partial charge in [0.25, 0.3) is 0 Å². The molecule has 0 saturated heterocycles. The average Bonchev–Trinajstić information content (AvgIpc) is 3.01. The first-order chi connectivity index (χ1) is 10.2. The SMILES string of the molecule is CCNC1CCC(c2nc(C(CC)(CC)OC)no2)CC1. The zero-order chi connectivity index (χ0) is 15.3. The Bertz CT molecular complexity index is 413. The Hall–Kier alpha value is -0.940. The van der Waals surface area contributed by atoms with Gasteiger partial charge < -0.3 is 14.6 Å². The number of hydrogen-bond donors (Lipinski definition) is 1. The van der Waals surface area contributed by atoms with Crippen LogP contribution in [0.25, 0.3) is 0 Å². The molecular weight excluding hydrogens is 266 g/mol. The van der Waals surface area contributed by atoms with Crippen LogP contribution in [0.2, 0.25) is 0 Å². The molecule has 0 aromatic carbocycles. The maximum absolute atomic E-state index is 5.68. The Kier molecular flexibility index (Phi) is 5.76. The van der Waals surface area contributed by atoms with E-state index in [1.807, 2.05) is 0 Å². The third-order valence-corrected chi connectivity index (χ3v) is 4.95. The summed E-state index contributed by atoms with van der Waals surface area (Å²) in [7, 11) is 1.73. The summed E-state index contributed by atoms with van der Waals surface area (Å²) >= 11 is 0. The van der Waals surface area contributed by atoms with Gasteiger partial charge in [0.2, 0.25) is 11.7 Å². The van der Waals surface area contributed by atoms with Crippen LogP contribution in [0.5, 0.6) is 0 Å². The van der Waals surface area contributed by atoms with Gasteiger partial charge in [0, 0.05) is 19.1 Å². The summed E-state index contributed by atoms with van der Waals surface area (Å²) in [6.07, 6.45) is 6.33. The molecule has 5 nitrogen and oxygen atoms in total. The number of aromatic nitrogens is 2. The molecule has 120 valence electrons. The van der Waals surface area contributed by atoms with Crippen LogP contribution in [0, 0.1) is 0 Å². The minimum absolute atomic E-state index is 0.400. The van der Waals surface area contributed by atoms with E-state index in [1.165, 1.54) is 12.8 Å². The molecule has 1 aliphatic carbocycles. The predicted molar refractivity (Wildman–Crippen MR) is 82.2 cm³/mol. The van der Waals surface area contributed by atoms with Crippen LogP contribution in [0.1, 0.15) is 76.9 Å². The minimum Gasteiger partial charge on any atom is -0.370 e. The largest absolute Gasteiger partial charge is 0.370 e. The van der Waals surface area contributed by atoms with Crippen molar-refractivity contribution in [3.8, 4) is 0 Å². The number of ether oxygens (including phenoxy) is 1. The van der Waals surface area contributed by atoms with Crippen molar-refractivity contribution in [1.29, 1.82) is 0 Å². The molecule has 1 aliphatic rings. The van der Waals surface area contributed by atoms with Gasteiger partial charge in [0.15, 0.2) is 0 Å². The van der Waals surface area contributed by atoms with Gasteiger partial charge in [0.05, 0.1) is 0 Å². The van der Waals surface area contributed by atoms with Gasteiger partial charge in [-0.15, -0.1) is 0 Å². The van der Waals surface area contributed by atoms with E-state index >= 15 is 0 Å². The molecule has 1 heterocycles. The van der Waals surface area contributed by atoms with Crippen molar-refractivity contribution < 1.29 is 9.26 Å².